The second-order valence-corrected chi connectivity index (χ2v) is 6.94. The minimum atomic E-state index is 0.656. The van der Waals surface area contributed by atoms with E-state index in [0.717, 1.165) is 17.9 Å². The van der Waals surface area contributed by atoms with Crippen LogP contribution in [-0.2, 0) is 0 Å². The Kier molecular flexibility index (Phi) is 4.52. The van der Waals surface area contributed by atoms with Crippen LogP contribution < -0.4 is 5.32 Å². The SMILES string of the molecule is CCC1(CNC2CCC(C)CC2C)CCCC1. The first-order valence-electron chi connectivity index (χ1n) is 7.88. The minimum Gasteiger partial charge on any atom is -0.313 e. The highest BCUT2D eigenvalue weighted by Crippen LogP contribution is 2.40. The van der Waals surface area contributed by atoms with Crippen LogP contribution in [0.5, 0.6) is 0 Å². The Morgan fingerprint density at radius 2 is 1.82 bits per heavy atom. The van der Waals surface area contributed by atoms with Crippen LogP contribution in [0.15, 0.2) is 0 Å². The van der Waals surface area contributed by atoms with Gasteiger partial charge in [-0.15, -0.1) is 0 Å². The lowest BCUT2D eigenvalue weighted by molar-refractivity contribution is 0.189. The van der Waals surface area contributed by atoms with Gasteiger partial charge in [-0.05, 0) is 55.8 Å². The molecule has 17 heavy (non-hydrogen) atoms. The van der Waals surface area contributed by atoms with Crippen molar-refractivity contribution < 1.29 is 0 Å². The zero-order valence-corrected chi connectivity index (χ0v) is 12.1. The summed E-state index contributed by atoms with van der Waals surface area (Å²) in [7, 11) is 0. The first kappa shape index (κ1) is 13.4. The third-order valence-corrected chi connectivity index (χ3v) is 5.58. The topological polar surface area (TPSA) is 12.0 Å². The molecule has 100 valence electrons. The number of nitrogens with one attached hydrogen (secondary N) is 1. The zero-order chi connectivity index (χ0) is 12.3. The van der Waals surface area contributed by atoms with E-state index in [1.807, 2.05) is 0 Å². The first-order valence-corrected chi connectivity index (χ1v) is 7.88. The largest absolute Gasteiger partial charge is 0.313 e. The van der Waals surface area contributed by atoms with Crippen molar-refractivity contribution in [3.05, 3.63) is 0 Å². The summed E-state index contributed by atoms with van der Waals surface area (Å²) in [6.07, 6.45) is 11.5. The Morgan fingerprint density at radius 3 is 2.41 bits per heavy atom. The molecule has 3 unspecified atom stereocenters. The molecule has 2 rings (SSSR count). The quantitative estimate of drug-likeness (QED) is 0.765. The summed E-state index contributed by atoms with van der Waals surface area (Å²) in [5.41, 5.74) is 0.656. The van der Waals surface area contributed by atoms with Crippen molar-refractivity contribution >= 4 is 0 Å². The standard InChI is InChI=1S/C16H31N/c1-4-16(9-5-6-10-16)12-17-15-8-7-13(2)11-14(15)3/h13-15,17H,4-12H2,1-3H3. The van der Waals surface area contributed by atoms with Gasteiger partial charge < -0.3 is 5.32 Å². The summed E-state index contributed by atoms with van der Waals surface area (Å²) < 4.78 is 0. The van der Waals surface area contributed by atoms with E-state index in [1.54, 1.807) is 0 Å². The third-order valence-electron chi connectivity index (χ3n) is 5.58. The van der Waals surface area contributed by atoms with E-state index in [2.05, 4.69) is 26.1 Å². The van der Waals surface area contributed by atoms with Gasteiger partial charge >= 0.3 is 0 Å². The molecule has 0 aliphatic heterocycles. The molecule has 0 aromatic heterocycles. The van der Waals surface area contributed by atoms with Crippen LogP contribution in [0.25, 0.3) is 0 Å². The van der Waals surface area contributed by atoms with Gasteiger partial charge in [-0.1, -0.05) is 33.6 Å². The molecular weight excluding hydrogens is 206 g/mol. The minimum absolute atomic E-state index is 0.656. The van der Waals surface area contributed by atoms with E-state index in [9.17, 15) is 0 Å². The Morgan fingerprint density at radius 1 is 1.12 bits per heavy atom. The molecular formula is C16H31N. The van der Waals surface area contributed by atoms with Crippen molar-refractivity contribution in [1.29, 1.82) is 0 Å². The van der Waals surface area contributed by atoms with Crippen LogP contribution >= 0.6 is 0 Å². The number of hydrogen-bond donors (Lipinski definition) is 1. The molecule has 0 heterocycles. The fraction of sp³-hybridized carbons (Fsp3) is 1.00. The highest BCUT2D eigenvalue weighted by Gasteiger charge is 2.33. The predicted octanol–water partition coefficient (Wildman–Crippen LogP) is 4.37. The molecule has 0 radical (unpaired) electrons. The van der Waals surface area contributed by atoms with Crippen LogP contribution in [0.4, 0.5) is 0 Å². The predicted molar refractivity (Wildman–Crippen MR) is 75.2 cm³/mol. The molecule has 0 aromatic rings. The fourth-order valence-electron chi connectivity index (χ4n) is 4.10. The summed E-state index contributed by atoms with van der Waals surface area (Å²) in [4.78, 5) is 0. The zero-order valence-electron chi connectivity index (χ0n) is 12.1. The lowest BCUT2D eigenvalue weighted by Gasteiger charge is -2.37. The summed E-state index contributed by atoms with van der Waals surface area (Å²) in [5, 5.41) is 3.93. The average molecular weight is 237 g/mol. The molecule has 0 bridgehead atoms. The summed E-state index contributed by atoms with van der Waals surface area (Å²) in [6.45, 7) is 8.53. The van der Waals surface area contributed by atoms with Crippen LogP contribution in [0, 0.1) is 17.3 Å². The summed E-state index contributed by atoms with van der Waals surface area (Å²) in [5.74, 6) is 1.84. The molecule has 1 heteroatoms. The van der Waals surface area contributed by atoms with Gasteiger partial charge in [0, 0.05) is 12.6 Å². The van der Waals surface area contributed by atoms with Gasteiger partial charge in [0.1, 0.15) is 0 Å². The van der Waals surface area contributed by atoms with Crippen LogP contribution in [-0.4, -0.2) is 12.6 Å². The van der Waals surface area contributed by atoms with Crippen molar-refractivity contribution in [3.8, 4) is 0 Å². The molecule has 2 aliphatic rings. The van der Waals surface area contributed by atoms with Gasteiger partial charge in [-0.3, -0.25) is 0 Å². The van der Waals surface area contributed by atoms with Gasteiger partial charge in [0.2, 0.25) is 0 Å². The summed E-state index contributed by atoms with van der Waals surface area (Å²) in [6, 6.07) is 0.801. The second-order valence-electron chi connectivity index (χ2n) is 6.94. The van der Waals surface area contributed by atoms with E-state index < -0.39 is 0 Å². The molecule has 2 aliphatic carbocycles. The van der Waals surface area contributed by atoms with E-state index >= 15 is 0 Å². The lowest BCUT2D eigenvalue weighted by atomic mass is 9.78. The second kappa shape index (κ2) is 5.73. The maximum atomic E-state index is 3.93. The molecule has 2 fully saturated rings. The highest BCUT2D eigenvalue weighted by atomic mass is 14.9. The highest BCUT2D eigenvalue weighted by molar-refractivity contribution is 4.89. The van der Waals surface area contributed by atoms with Gasteiger partial charge in [-0.25, -0.2) is 0 Å². The van der Waals surface area contributed by atoms with E-state index in [0.29, 0.717) is 5.41 Å². The number of rotatable bonds is 4. The molecule has 2 saturated carbocycles. The smallest absolute Gasteiger partial charge is 0.00931 e. The maximum absolute atomic E-state index is 3.93. The Labute approximate surface area is 108 Å². The molecule has 1 nitrogen and oxygen atoms in total. The van der Waals surface area contributed by atoms with Gasteiger partial charge in [0.05, 0.1) is 0 Å². The van der Waals surface area contributed by atoms with Gasteiger partial charge in [-0.2, -0.15) is 0 Å². The van der Waals surface area contributed by atoms with E-state index in [1.165, 1.54) is 57.9 Å². The molecule has 0 amide bonds. The van der Waals surface area contributed by atoms with Crippen LogP contribution in [0.1, 0.15) is 72.1 Å². The van der Waals surface area contributed by atoms with Crippen molar-refractivity contribution in [1.82, 2.24) is 5.32 Å². The lowest BCUT2D eigenvalue weighted by Crippen LogP contribution is -2.44. The Balaban J connectivity index is 1.81. The maximum Gasteiger partial charge on any atom is 0.00931 e. The molecule has 0 spiro atoms. The first-order chi connectivity index (χ1) is 8.15. The van der Waals surface area contributed by atoms with Crippen molar-refractivity contribution in [2.45, 2.75) is 78.2 Å². The van der Waals surface area contributed by atoms with E-state index in [4.69, 9.17) is 0 Å². The van der Waals surface area contributed by atoms with Crippen molar-refractivity contribution in [2.75, 3.05) is 6.54 Å². The van der Waals surface area contributed by atoms with Crippen molar-refractivity contribution in [3.63, 3.8) is 0 Å². The fourth-order valence-corrected chi connectivity index (χ4v) is 4.10. The van der Waals surface area contributed by atoms with Gasteiger partial charge in [0.25, 0.3) is 0 Å². The monoisotopic (exact) mass is 237 g/mol. The average Bonchev–Trinajstić information content (AvgIpc) is 2.77. The molecule has 0 saturated heterocycles. The third kappa shape index (κ3) is 3.24. The molecule has 1 N–H and O–H groups in total. The van der Waals surface area contributed by atoms with Crippen molar-refractivity contribution in [2.24, 2.45) is 17.3 Å². The normalized spacial score (nSPS) is 37.2. The Hall–Kier alpha value is -0.0400. The van der Waals surface area contributed by atoms with Crippen LogP contribution in [0.2, 0.25) is 0 Å². The van der Waals surface area contributed by atoms with Crippen LogP contribution in [0.3, 0.4) is 0 Å². The molecule has 3 atom stereocenters. The van der Waals surface area contributed by atoms with Gasteiger partial charge in [0.15, 0.2) is 0 Å². The molecule has 0 aromatic carbocycles. The summed E-state index contributed by atoms with van der Waals surface area (Å²) >= 11 is 0. The Bertz CT molecular complexity index is 230. The number of hydrogen-bond acceptors (Lipinski definition) is 1. The van der Waals surface area contributed by atoms with E-state index in [-0.39, 0.29) is 0 Å².